The van der Waals surface area contributed by atoms with Gasteiger partial charge in [-0.3, -0.25) is 9.59 Å². The van der Waals surface area contributed by atoms with Crippen molar-refractivity contribution in [2.75, 3.05) is 14.1 Å². The van der Waals surface area contributed by atoms with E-state index in [2.05, 4.69) is 26.1 Å². The minimum atomic E-state index is -1.01. The van der Waals surface area contributed by atoms with Crippen LogP contribution in [0.3, 0.4) is 0 Å². The molecule has 0 radical (unpaired) electrons. The van der Waals surface area contributed by atoms with Crippen LogP contribution in [0.5, 0.6) is 5.75 Å². The second kappa shape index (κ2) is 11.7. The van der Waals surface area contributed by atoms with Gasteiger partial charge in [0.05, 0.1) is 17.6 Å². The van der Waals surface area contributed by atoms with E-state index in [1.54, 1.807) is 53.7 Å². The van der Waals surface area contributed by atoms with Gasteiger partial charge in [-0.25, -0.2) is 9.59 Å². The first kappa shape index (κ1) is 33.8. The summed E-state index contributed by atoms with van der Waals surface area (Å²) in [5.41, 5.74) is -1.75. The van der Waals surface area contributed by atoms with Gasteiger partial charge < -0.3 is 33.7 Å². The lowest BCUT2D eigenvalue weighted by atomic mass is 9.43. The minimum Gasteiger partial charge on any atom is -0.456 e. The minimum absolute atomic E-state index is 0.00612. The topological polar surface area (TPSA) is 130 Å². The predicted octanol–water partition coefficient (Wildman–Crippen LogP) is 4.34. The molecule has 1 aromatic rings. The molecule has 4 aliphatic rings. The second-order valence-corrected chi connectivity index (χ2v) is 15.2. The van der Waals surface area contributed by atoms with Gasteiger partial charge in [-0.05, 0) is 96.6 Å². The molecule has 5 rings (SSSR count). The zero-order valence-corrected chi connectivity index (χ0v) is 27.9. The van der Waals surface area contributed by atoms with Crippen molar-refractivity contribution in [1.82, 2.24) is 10.2 Å². The monoisotopic (exact) mass is 614 g/mol. The van der Waals surface area contributed by atoms with Crippen LogP contribution in [0, 0.1) is 17.3 Å². The van der Waals surface area contributed by atoms with Gasteiger partial charge in [0, 0.05) is 14.1 Å². The number of nitrogens with zero attached hydrogens (tertiary/aromatic N) is 1. The molecule has 3 aliphatic carbocycles. The first-order valence-corrected chi connectivity index (χ1v) is 15.2. The van der Waals surface area contributed by atoms with Crippen molar-refractivity contribution in [2.24, 2.45) is 17.3 Å². The number of likely N-dealkylation sites (N-methyl/N-ethyl adjacent to an activating group) is 1. The molecule has 5 atom stereocenters. The number of carbonyl (C=O) groups excluding carboxylic acids is 4. The van der Waals surface area contributed by atoms with Gasteiger partial charge in [0.15, 0.2) is 5.75 Å². The van der Waals surface area contributed by atoms with Crippen LogP contribution in [-0.2, 0) is 34.8 Å². The normalized spacial score (nSPS) is 26.1. The highest BCUT2D eigenvalue weighted by molar-refractivity contribution is 6.49. The summed E-state index contributed by atoms with van der Waals surface area (Å²) < 4.78 is 29.8. The third-order valence-corrected chi connectivity index (χ3v) is 8.94. The highest BCUT2D eigenvalue weighted by Gasteiger charge is 2.68. The highest BCUT2D eigenvalue weighted by atomic mass is 16.7. The van der Waals surface area contributed by atoms with Crippen molar-refractivity contribution < 1.29 is 42.7 Å². The molecule has 2 bridgehead atoms. The Kier molecular flexibility index (Phi) is 8.96. The van der Waals surface area contributed by atoms with Crippen molar-refractivity contribution in [3.8, 4) is 5.75 Å². The smallest absolute Gasteiger partial charge is 0.456 e. The third kappa shape index (κ3) is 6.91. The predicted molar refractivity (Wildman–Crippen MR) is 163 cm³/mol. The van der Waals surface area contributed by atoms with E-state index >= 15 is 0 Å². The molecule has 1 aromatic carbocycles. The van der Waals surface area contributed by atoms with Crippen molar-refractivity contribution >= 4 is 31.1 Å². The van der Waals surface area contributed by atoms with E-state index in [0.717, 1.165) is 12.8 Å². The van der Waals surface area contributed by atoms with Crippen molar-refractivity contribution in [3.63, 3.8) is 0 Å². The van der Waals surface area contributed by atoms with E-state index in [-0.39, 0.29) is 35.2 Å². The van der Waals surface area contributed by atoms with Gasteiger partial charge in [0.2, 0.25) is 0 Å². The molecule has 12 heteroatoms. The molecule has 4 fully saturated rings. The molecule has 1 aliphatic heterocycles. The Bertz CT molecular complexity index is 1320. The summed E-state index contributed by atoms with van der Waals surface area (Å²) in [6.07, 6.45) is 0.685. The standard InChI is InChI=1S/C32H47BN2O9/c1-29(2,3)41-27(38)20-14-12-13-18(24(20)40-28(39)42-30(4,5)6)15-23(34-25(36)26(37)35(10)11)33-43-22-17-19-16-21(31(19,7)8)32(22,9)44-33/h12-14,19,21-23H,15-17H2,1-11H3,(H,34,36)/t19-,21-,22?,23-,32-/m0/s1. The van der Waals surface area contributed by atoms with Gasteiger partial charge in [0.25, 0.3) is 0 Å². The van der Waals surface area contributed by atoms with Crippen LogP contribution in [0.1, 0.15) is 91.1 Å². The number of carbonyl (C=O) groups is 4. The summed E-state index contributed by atoms with van der Waals surface area (Å²) >= 11 is 0. The number of hydrogen-bond acceptors (Lipinski definition) is 9. The number of benzene rings is 1. The molecular formula is C32H47BN2O9. The second-order valence-electron chi connectivity index (χ2n) is 15.2. The zero-order valence-electron chi connectivity index (χ0n) is 27.9. The molecule has 1 saturated heterocycles. The summed E-state index contributed by atoms with van der Waals surface area (Å²) in [7, 11) is 2.07. The number of para-hydroxylation sites is 1. The molecule has 0 aromatic heterocycles. The van der Waals surface area contributed by atoms with Gasteiger partial charge in [-0.2, -0.15) is 0 Å². The zero-order chi connectivity index (χ0) is 33.0. The van der Waals surface area contributed by atoms with Crippen LogP contribution in [0.15, 0.2) is 18.2 Å². The molecule has 1 heterocycles. The Labute approximate surface area is 260 Å². The average molecular weight is 615 g/mol. The summed E-state index contributed by atoms with van der Waals surface area (Å²) in [5, 5.41) is 2.80. The lowest BCUT2D eigenvalue weighted by molar-refractivity contribution is -0.199. The van der Waals surface area contributed by atoms with E-state index < -0.39 is 53.8 Å². The van der Waals surface area contributed by atoms with Crippen LogP contribution in [0.2, 0.25) is 0 Å². The Morgan fingerprint density at radius 2 is 1.66 bits per heavy atom. The van der Waals surface area contributed by atoms with Crippen molar-refractivity contribution in [2.45, 2.75) is 110 Å². The van der Waals surface area contributed by atoms with E-state index in [1.807, 2.05) is 0 Å². The van der Waals surface area contributed by atoms with Crippen LogP contribution in [0.25, 0.3) is 0 Å². The lowest BCUT2D eigenvalue weighted by Gasteiger charge is -2.64. The number of nitrogens with one attached hydrogen (secondary N) is 1. The maximum absolute atomic E-state index is 13.3. The fourth-order valence-electron chi connectivity index (χ4n) is 6.67. The maximum atomic E-state index is 13.3. The molecule has 242 valence electrons. The summed E-state index contributed by atoms with van der Waals surface area (Å²) in [6.45, 7) is 16.9. The Balaban J connectivity index is 1.71. The van der Waals surface area contributed by atoms with Gasteiger partial charge >= 0.3 is 31.1 Å². The largest absolute Gasteiger partial charge is 0.514 e. The van der Waals surface area contributed by atoms with Gasteiger partial charge in [-0.15, -0.1) is 0 Å². The average Bonchev–Trinajstić information content (AvgIpc) is 3.23. The fourth-order valence-corrected chi connectivity index (χ4v) is 6.67. The number of hydrogen-bond donors (Lipinski definition) is 1. The maximum Gasteiger partial charge on any atom is 0.514 e. The molecule has 2 amide bonds. The third-order valence-electron chi connectivity index (χ3n) is 8.94. The molecule has 44 heavy (non-hydrogen) atoms. The quantitative estimate of drug-likeness (QED) is 0.215. The van der Waals surface area contributed by atoms with E-state index in [1.165, 1.54) is 25.1 Å². The van der Waals surface area contributed by atoms with Crippen LogP contribution in [0.4, 0.5) is 4.79 Å². The van der Waals surface area contributed by atoms with E-state index in [4.69, 9.17) is 23.5 Å². The van der Waals surface area contributed by atoms with Crippen LogP contribution >= 0.6 is 0 Å². The Hall–Kier alpha value is -3.12. The molecule has 1 N–H and O–H groups in total. The SMILES string of the molecule is CN(C)C(=O)C(=O)N[C@@H](Cc1cccc(C(=O)OC(C)(C)C)c1OC(=O)OC(C)(C)C)B1OC2C[C@@H]3C[C@@H](C3(C)C)[C@]2(C)O1. The summed E-state index contributed by atoms with van der Waals surface area (Å²) in [4.78, 5) is 53.0. The number of ether oxygens (including phenoxy) is 3. The lowest BCUT2D eigenvalue weighted by Crippen LogP contribution is -2.65. The number of esters is 1. The van der Waals surface area contributed by atoms with E-state index in [9.17, 15) is 19.2 Å². The van der Waals surface area contributed by atoms with Crippen molar-refractivity contribution in [3.05, 3.63) is 29.3 Å². The highest BCUT2D eigenvalue weighted by Crippen LogP contribution is 2.65. The van der Waals surface area contributed by atoms with Crippen LogP contribution in [-0.4, -0.2) is 78.9 Å². The Morgan fingerprint density at radius 1 is 1.02 bits per heavy atom. The Morgan fingerprint density at radius 3 is 2.23 bits per heavy atom. The first-order valence-electron chi connectivity index (χ1n) is 15.2. The molecule has 0 spiro atoms. The fraction of sp³-hybridized carbons (Fsp3) is 0.688. The van der Waals surface area contributed by atoms with Crippen LogP contribution < -0.4 is 10.1 Å². The molecular weight excluding hydrogens is 567 g/mol. The van der Waals surface area contributed by atoms with Gasteiger partial charge in [-0.1, -0.05) is 26.0 Å². The number of amides is 2. The van der Waals surface area contributed by atoms with Crippen molar-refractivity contribution in [1.29, 1.82) is 0 Å². The summed E-state index contributed by atoms with van der Waals surface area (Å²) in [5.74, 6) is -2.44. The van der Waals surface area contributed by atoms with E-state index in [0.29, 0.717) is 11.5 Å². The molecule has 3 saturated carbocycles. The molecule has 11 nitrogen and oxygen atoms in total. The molecule has 1 unspecified atom stereocenters. The first-order chi connectivity index (χ1) is 20.1. The number of rotatable bonds is 6. The van der Waals surface area contributed by atoms with Gasteiger partial charge in [0.1, 0.15) is 16.8 Å². The summed E-state index contributed by atoms with van der Waals surface area (Å²) in [6, 6.07) is 4.80.